The first-order chi connectivity index (χ1) is 5.54. The summed E-state index contributed by atoms with van der Waals surface area (Å²) in [5, 5.41) is 21.6. The summed E-state index contributed by atoms with van der Waals surface area (Å²) in [4.78, 5) is 21.3. The number of nitrogens with zero attached hydrogens (tertiary/aromatic N) is 2. The van der Waals surface area contributed by atoms with Gasteiger partial charge in [-0.1, -0.05) is 10.3 Å². The lowest BCUT2D eigenvalue weighted by Gasteiger charge is -1.97. The topological polar surface area (TPSA) is 99.3 Å². The number of Topliss-reactive ketones (excluding diaryl/α,β-unsaturated/α-hetero) is 2. The van der Waals surface area contributed by atoms with E-state index in [4.69, 9.17) is 10.4 Å². The molecule has 0 atom stereocenters. The largest absolute Gasteiger partial charge is 0.410 e. The van der Waals surface area contributed by atoms with Crippen LogP contribution in [0.15, 0.2) is 10.3 Å². The third kappa shape index (κ3) is 2.15. The second-order valence-electron chi connectivity index (χ2n) is 2.01. The standard InChI is InChI=1S/C6H8N2O4/c1-3(9)5(7-11)6(8-12)4(2)10/h11-12H,1-2H3/b7-5-,8-6-. The monoisotopic (exact) mass is 172 g/mol. The highest BCUT2D eigenvalue weighted by Crippen LogP contribution is 1.88. The Hall–Kier alpha value is -1.72. The molecule has 6 heteroatoms. The Bertz CT molecular complexity index is 239. The molecule has 0 radical (unpaired) electrons. The molecule has 0 amide bonds. The first-order valence-corrected chi connectivity index (χ1v) is 3.01. The molecule has 0 aromatic rings. The molecule has 0 heterocycles. The normalized spacial score (nSPS) is 12.8. The van der Waals surface area contributed by atoms with Crippen molar-refractivity contribution in [1.82, 2.24) is 0 Å². The van der Waals surface area contributed by atoms with Crippen molar-refractivity contribution in [1.29, 1.82) is 0 Å². The van der Waals surface area contributed by atoms with Crippen LogP contribution >= 0.6 is 0 Å². The van der Waals surface area contributed by atoms with Crippen LogP contribution in [-0.4, -0.2) is 33.4 Å². The van der Waals surface area contributed by atoms with Crippen molar-refractivity contribution < 1.29 is 20.0 Å². The summed E-state index contributed by atoms with van der Waals surface area (Å²) in [5.74, 6) is -1.30. The van der Waals surface area contributed by atoms with Crippen LogP contribution in [0.5, 0.6) is 0 Å². The van der Waals surface area contributed by atoms with Gasteiger partial charge in [-0.25, -0.2) is 0 Å². The van der Waals surface area contributed by atoms with Gasteiger partial charge < -0.3 is 10.4 Å². The summed E-state index contributed by atoms with van der Waals surface area (Å²) >= 11 is 0. The van der Waals surface area contributed by atoms with Gasteiger partial charge in [-0.2, -0.15) is 0 Å². The van der Waals surface area contributed by atoms with Crippen molar-refractivity contribution in [2.24, 2.45) is 10.3 Å². The highest BCUT2D eigenvalue weighted by Gasteiger charge is 2.19. The van der Waals surface area contributed by atoms with E-state index >= 15 is 0 Å². The van der Waals surface area contributed by atoms with E-state index in [1.807, 2.05) is 0 Å². The molecule has 0 saturated heterocycles. The minimum Gasteiger partial charge on any atom is -0.410 e. The van der Waals surface area contributed by atoms with Gasteiger partial charge in [0.25, 0.3) is 0 Å². The van der Waals surface area contributed by atoms with E-state index in [2.05, 4.69) is 10.3 Å². The number of carbonyl (C=O) groups is 2. The Morgan fingerprint density at radius 2 is 1.17 bits per heavy atom. The molecule has 0 bridgehead atoms. The van der Waals surface area contributed by atoms with Gasteiger partial charge in [0.15, 0.2) is 23.0 Å². The van der Waals surface area contributed by atoms with Crippen molar-refractivity contribution in [3.63, 3.8) is 0 Å². The zero-order valence-electron chi connectivity index (χ0n) is 6.61. The number of carbonyl (C=O) groups excluding carboxylic acids is 2. The number of hydrogen-bond donors (Lipinski definition) is 2. The van der Waals surface area contributed by atoms with Crippen LogP contribution in [0, 0.1) is 0 Å². The molecule has 0 aromatic heterocycles. The number of ketones is 2. The molecule has 0 rings (SSSR count). The van der Waals surface area contributed by atoms with Gasteiger partial charge in [0, 0.05) is 13.8 Å². The van der Waals surface area contributed by atoms with E-state index in [0.717, 1.165) is 13.8 Å². The average molecular weight is 172 g/mol. The Kier molecular flexibility index (Phi) is 3.61. The van der Waals surface area contributed by atoms with E-state index in [-0.39, 0.29) is 0 Å². The fraction of sp³-hybridized carbons (Fsp3) is 0.333. The maximum absolute atomic E-state index is 10.6. The molecule has 0 aliphatic carbocycles. The lowest BCUT2D eigenvalue weighted by atomic mass is 10.1. The van der Waals surface area contributed by atoms with Crippen molar-refractivity contribution in [3.05, 3.63) is 0 Å². The molecule has 0 fully saturated rings. The van der Waals surface area contributed by atoms with Crippen molar-refractivity contribution >= 4 is 23.0 Å². The summed E-state index contributed by atoms with van der Waals surface area (Å²) < 4.78 is 0. The first-order valence-electron chi connectivity index (χ1n) is 3.01. The Morgan fingerprint density at radius 1 is 0.917 bits per heavy atom. The summed E-state index contributed by atoms with van der Waals surface area (Å²) in [7, 11) is 0. The summed E-state index contributed by atoms with van der Waals surface area (Å²) in [5.41, 5.74) is -1.10. The Labute approximate surface area is 68.2 Å². The predicted octanol–water partition coefficient (Wildman–Crippen LogP) is -0.175. The van der Waals surface area contributed by atoms with E-state index < -0.39 is 23.0 Å². The first kappa shape index (κ1) is 10.3. The molecule has 6 nitrogen and oxygen atoms in total. The minimum atomic E-state index is -0.652. The highest BCUT2D eigenvalue weighted by molar-refractivity contribution is 6.80. The second-order valence-corrected chi connectivity index (χ2v) is 2.01. The maximum atomic E-state index is 10.6. The fourth-order valence-corrected chi connectivity index (χ4v) is 0.569. The minimum absolute atomic E-state index is 0.551. The number of rotatable bonds is 3. The fourth-order valence-electron chi connectivity index (χ4n) is 0.569. The molecule has 0 unspecified atom stereocenters. The van der Waals surface area contributed by atoms with Gasteiger partial charge in [0.1, 0.15) is 0 Å². The SMILES string of the molecule is CC(=O)C(=N/O)/C(=N\O)C(C)=O. The molecule has 12 heavy (non-hydrogen) atoms. The van der Waals surface area contributed by atoms with Gasteiger partial charge in [-0.3, -0.25) is 9.59 Å². The summed E-state index contributed by atoms with van der Waals surface area (Å²) in [6.45, 7) is 2.17. The third-order valence-electron chi connectivity index (χ3n) is 1.09. The van der Waals surface area contributed by atoms with Gasteiger partial charge in [0.05, 0.1) is 0 Å². The Balaban J connectivity index is 4.99. The van der Waals surface area contributed by atoms with Crippen LogP contribution in [0.1, 0.15) is 13.8 Å². The van der Waals surface area contributed by atoms with Crippen LogP contribution in [0.25, 0.3) is 0 Å². The average Bonchev–Trinajstić information content (AvgIpc) is 1.98. The van der Waals surface area contributed by atoms with Crippen molar-refractivity contribution in [2.75, 3.05) is 0 Å². The smallest absolute Gasteiger partial charge is 0.184 e. The van der Waals surface area contributed by atoms with Crippen LogP contribution in [0.3, 0.4) is 0 Å². The maximum Gasteiger partial charge on any atom is 0.184 e. The van der Waals surface area contributed by atoms with E-state index in [0.29, 0.717) is 0 Å². The molecule has 0 saturated carbocycles. The lowest BCUT2D eigenvalue weighted by molar-refractivity contribution is -0.112. The zero-order valence-corrected chi connectivity index (χ0v) is 6.61. The van der Waals surface area contributed by atoms with Crippen LogP contribution in [0.2, 0.25) is 0 Å². The van der Waals surface area contributed by atoms with E-state index in [1.54, 1.807) is 0 Å². The molecule has 0 aromatic carbocycles. The van der Waals surface area contributed by atoms with Gasteiger partial charge >= 0.3 is 0 Å². The summed E-state index contributed by atoms with van der Waals surface area (Å²) in [6.07, 6.45) is 0. The van der Waals surface area contributed by atoms with Crippen LogP contribution in [0.4, 0.5) is 0 Å². The van der Waals surface area contributed by atoms with E-state index in [1.165, 1.54) is 0 Å². The van der Waals surface area contributed by atoms with E-state index in [9.17, 15) is 9.59 Å². The van der Waals surface area contributed by atoms with Crippen molar-refractivity contribution in [3.8, 4) is 0 Å². The molecular weight excluding hydrogens is 164 g/mol. The van der Waals surface area contributed by atoms with Crippen molar-refractivity contribution in [2.45, 2.75) is 13.8 Å². The predicted molar refractivity (Wildman–Crippen MR) is 39.8 cm³/mol. The molecule has 2 N–H and O–H groups in total. The van der Waals surface area contributed by atoms with Crippen LogP contribution < -0.4 is 0 Å². The molecular formula is C6H8N2O4. The molecule has 0 spiro atoms. The molecule has 0 aliphatic rings. The lowest BCUT2D eigenvalue weighted by Crippen LogP contribution is -2.27. The third-order valence-corrected chi connectivity index (χ3v) is 1.09. The number of hydrogen-bond acceptors (Lipinski definition) is 6. The molecule has 66 valence electrons. The van der Waals surface area contributed by atoms with Gasteiger partial charge in [-0.15, -0.1) is 0 Å². The van der Waals surface area contributed by atoms with Gasteiger partial charge in [-0.05, 0) is 0 Å². The Morgan fingerprint density at radius 3 is 1.25 bits per heavy atom. The summed E-state index contributed by atoms with van der Waals surface area (Å²) in [6, 6.07) is 0. The zero-order chi connectivity index (χ0) is 9.72. The second kappa shape index (κ2) is 4.22. The van der Waals surface area contributed by atoms with Gasteiger partial charge in [0.2, 0.25) is 0 Å². The number of oxime groups is 2. The van der Waals surface area contributed by atoms with Crippen LogP contribution in [-0.2, 0) is 9.59 Å². The molecule has 0 aliphatic heterocycles. The quantitative estimate of drug-likeness (QED) is 0.350. The highest BCUT2D eigenvalue weighted by atomic mass is 16.4.